The molecular weight excluding hydrogens is 609 g/mol. The number of fused-ring (bicyclic) bond motifs is 4. The second-order valence-electron chi connectivity index (χ2n) is 10.2. The average Bonchev–Trinajstić information content (AvgIpc) is 3.70. The van der Waals surface area contributed by atoms with Crippen molar-refractivity contribution in [1.82, 2.24) is 9.97 Å². The summed E-state index contributed by atoms with van der Waals surface area (Å²) in [5.74, 6) is 0.303. The predicted octanol–water partition coefficient (Wildman–Crippen LogP) is 7.43. The minimum absolute atomic E-state index is 0.172. The Morgan fingerprint density at radius 1 is 0.467 bits per heavy atom. The first-order valence-corrected chi connectivity index (χ1v) is 15.4. The van der Waals surface area contributed by atoms with Gasteiger partial charge in [-0.3, -0.25) is 19.2 Å². The third-order valence-corrected chi connectivity index (χ3v) is 9.32. The minimum Gasteiger partial charge on any atom is -0.457 e. The number of aromatic nitrogens is 2. The molecule has 2 aromatic heterocycles. The molecule has 0 radical (unpaired) electrons. The number of thiazole rings is 2. The number of anilines is 4. The second-order valence-corrected chi connectivity index (χ2v) is 12.2. The van der Waals surface area contributed by atoms with Crippen molar-refractivity contribution in [2.45, 2.75) is 0 Å². The van der Waals surface area contributed by atoms with Gasteiger partial charge in [0.05, 0.1) is 0 Å². The molecule has 0 bridgehead atoms. The van der Waals surface area contributed by atoms with Gasteiger partial charge in [-0.2, -0.15) is 0 Å². The summed E-state index contributed by atoms with van der Waals surface area (Å²) >= 11 is 2.30. The topological polar surface area (TPSA) is 127 Å². The molecule has 0 aliphatic heterocycles. The molecule has 216 valence electrons. The number of carbonyl (C=O) groups excluding carboxylic acids is 4. The van der Waals surface area contributed by atoms with E-state index in [0.29, 0.717) is 53.8 Å². The monoisotopic (exact) mass is 626 g/mol. The van der Waals surface area contributed by atoms with Crippen molar-refractivity contribution < 1.29 is 23.9 Å². The largest absolute Gasteiger partial charge is 0.457 e. The van der Waals surface area contributed by atoms with Gasteiger partial charge in [0, 0.05) is 33.6 Å². The quantitative estimate of drug-likeness (QED) is 0.194. The van der Waals surface area contributed by atoms with Crippen LogP contribution in [0.2, 0.25) is 0 Å². The molecule has 0 saturated heterocycles. The number of nitrogens with one attached hydrogen (secondary N) is 2. The maximum Gasteiger partial charge on any atom is 0.213 e. The molecule has 2 N–H and O–H groups in total. The van der Waals surface area contributed by atoms with E-state index in [9.17, 15) is 19.2 Å². The number of benzene rings is 4. The van der Waals surface area contributed by atoms with Crippen LogP contribution in [-0.2, 0) is 0 Å². The molecule has 2 heterocycles. The van der Waals surface area contributed by atoms with Crippen molar-refractivity contribution in [1.29, 1.82) is 0 Å². The van der Waals surface area contributed by atoms with Gasteiger partial charge in [0.15, 0.2) is 10.3 Å². The van der Waals surface area contributed by atoms with Crippen molar-refractivity contribution in [2.24, 2.45) is 0 Å². The van der Waals surface area contributed by atoms with Gasteiger partial charge in [-0.25, -0.2) is 9.97 Å². The van der Waals surface area contributed by atoms with E-state index in [-0.39, 0.29) is 34.5 Å². The van der Waals surface area contributed by atoms with Crippen LogP contribution in [0, 0.1) is 0 Å². The number of ether oxygens (including phenoxy) is 1. The lowest BCUT2D eigenvalue weighted by atomic mass is 9.91. The lowest BCUT2D eigenvalue weighted by molar-refractivity contribution is 0.0979. The Morgan fingerprint density at radius 3 is 1.20 bits per heavy atom. The van der Waals surface area contributed by atoms with Crippen LogP contribution in [0.5, 0.6) is 11.5 Å². The SMILES string of the molecule is O=C1c2ccccc2C(=O)c2sc(Nc3ccc(Oc4ccc(Nc5nc6c(s5)C(=O)c5ccccc5C6=O)cc4)cc3)nc21. The highest BCUT2D eigenvalue weighted by molar-refractivity contribution is 7.18. The molecule has 8 rings (SSSR count). The third kappa shape index (κ3) is 4.62. The van der Waals surface area contributed by atoms with E-state index in [1.54, 1.807) is 72.8 Å². The lowest BCUT2D eigenvalue weighted by Gasteiger charge is -2.11. The maximum absolute atomic E-state index is 12.9. The van der Waals surface area contributed by atoms with E-state index in [1.807, 2.05) is 24.3 Å². The molecule has 4 aromatic carbocycles. The summed E-state index contributed by atoms with van der Waals surface area (Å²) in [7, 11) is 0. The van der Waals surface area contributed by atoms with Crippen LogP contribution in [0.1, 0.15) is 62.6 Å². The number of hydrogen-bond acceptors (Lipinski definition) is 11. The van der Waals surface area contributed by atoms with E-state index in [0.717, 1.165) is 34.0 Å². The molecule has 0 saturated carbocycles. The first kappa shape index (κ1) is 26.8. The Morgan fingerprint density at radius 2 is 0.822 bits per heavy atom. The molecule has 2 aliphatic carbocycles. The van der Waals surface area contributed by atoms with Crippen molar-refractivity contribution in [3.63, 3.8) is 0 Å². The molecule has 0 amide bonds. The van der Waals surface area contributed by atoms with E-state index in [1.165, 1.54) is 0 Å². The molecule has 2 aliphatic rings. The Balaban J connectivity index is 0.924. The molecule has 0 unspecified atom stereocenters. The summed E-state index contributed by atoms with van der Waals surface area (Å²) in [6.07, 6.45) is 0. The molecule has 11 heteroatoms. The average molecular weight is 627 g/mol. The summed E-state index contributed by atoms with van der Waals surface area (Å²) in [5, 5.41) is 7.24. The first-order chi connectivity index (χ1) is 21.9. The molecule has 6 aromatic rings. The van der Waals surface area contributed by atoms with Gasteiger partial charge in [-0.1, -0.05) is 71.2 Å². The van der Waals surface area contributed by atoms with Crippen molar-refractivity contribution >= 4 is 67.4 Å². The van der Waals surface area contributed by atoms with Gasteiger partial charge >= 0.3 is 0 Å². The fourth-order valence-corrected chi connectivity index (χ4v) is 7.09. The predicted molar refractivity (Wildman–Crippen MR) is 170 cm³/mol. The zero-order valence-corrected chi connectivity index (χ0v) is 24.6. The Labute approximate surface area is 263 Å². The summed E-state index contributed by atoms with van der Waals surface area (Å²) in [5.41, 5.74) is 3.33. The molecule has 45 heavy (non-hydrogen) atoms. The summed E-state index contributed by atoms with van der Waals surface area (Å²) in [4.78, 5) is 61.0. The molecule has 0 fully saturated rings. The summed E-state index contributed by atoms with van der Waals surface area (Å²) in [6.45, 7) is 0. The van der Waals surface area contributed by atoms with E-state index in [2.05, 4.69) is 20.6 Å². The summed E-state index contributed by atoms with van der Waals surface area (Å²) in [6, 6.07) is 28.0. The van der Waals surface area contributed by atoms with Gasteiger partial charge in [0.25, 0.3) is 0 Å². The minimum atomic E-state index is -0.253. The Bertz CT molecular complexity index is 1960. The standard InChI is InChI=1S/C34H18N4O5S2/c39-27-21-5-1-3-7-23(21)29(41)31-25(27)37-33(44-31)35-17-9-13-19(14-10-17)43-20-15-11-18(12-16-20)36-34-38-26-28(40)22-6-2-4-8-24(22)30(42)32(26)45-34/h1-16H,(H,35,37)(H,36,38). The number of nitrogens with zero attached hydrogens (tertiary/aromatic N) is 2. The van der Waals surface area contributed by atoms with Crippen LogP contribution in [-0.4, -0.2) is 33.1 Å². The van der Waals surface area contributed by atoms with Crippen molar-refractivity contribution in [3.8, 4) is 11.5 Å². The highest BCUT2D eigenvalue weighted by atomic mass is 32.1. The zero-order chi connectivity index (χ0) is 30.7. The van der Waals surface area contributed by atoms with Gasteiger partial charge in [-0.15, -0.1) is 0 Å². The Kier molecular flexibility index (Phi) is 6.22. The normalized spacial score (nSPS) is 13.1. The highest BCUT2D eigenvalue weighted by Gasteiger charge is 2.34. The van der Waals surface area contributed by atoms with Crippen LogP contribution in [0.25, 0.3) is 0 Å². The van der Waals surface area contributed by atoms with Crippen molar-refractivity contribution in [3.05, 3.63) is 140 Å². The molecule has 0 atom stereocenters. The van der Waals surface area contributed by atoms with Gasteiger partial charge < -0.3 is 15.4 Å². The van der Waals surface area contributed by atoms with Crippen molar-refractivity contribution in [2.75, 3.05) is 10.6 Å². The first-order valence-electron chi connectivity index (χ1n) is 13.7. The second kappa shape index (κ2) is 10.4. The Hall–Kier alpha value is -5.78. The number of carbonyl (C=O) groups is 4. The number of ketones is 4. The van der Waals surface area contributed by atoms with Crippen LogP contribution in [0.15, 0.2) is 97.1 Å². The maximum atomic E-state index is 12.9. The smallest absolute Gasteiger partial charge is 0.213 e. The number of rotatable bonds is 6. The van der Waals surface area contributed by atoms with Crippen LogP contribution < -0.4 is 15.4 Å². The van der Waals surface area contributed by atoms with Crippen LogP contribution in [0.3, 0.4) is 0 Å². The van der Waals surface area contributed by atoms with E-state index < -0.39 is 0 Å². The number of hydrogen-bond donors (Lipinski definition) is 2. The van der Waals surface area contributed by atoms with Gasteiger partial charge in [0.2, 0.25) is 23.1 Å². The summed E-state index contributed by atoms with van der Waals surface area (Å²) < 4.78 is 5.99. The third-order valence-electron chi connectivity index (χ3n) is 7.38. The fourth-order valence-electron chi connectivity index (χ4n) is 5.22. The van der Waals surface area contributed by atoms with Gasteiger partial charge in [0.1, 0.15) is 32.6 Å². The fraction of sp³-hybridized carbons (Fsp3) is 0. The van der Waals surface area contributed by atoms with Crippen LogP contribution >= 0.6 is 22.7 Å². The molecule has 9 nitrogen and oxygen atoms in total. The molecule has 0 spiro atoms. The van der Waals surface area contributed by atoms with E-state index >= 15 is 0 Å². The molecular formula is C34H18N4O5S2. The van der Waals surface area contributed by atoms with Gasteiger partial charge in [-0.05, 0) is 48.5 Å². The lowest BCUT2D eigenvalue weighted by Crippen LogP contribution is -2.19. The highest BCUT2D eigenvalue weighted by Crippen LogP contribution is 2.36. The van der Waals surface area contributed by atoms with Crippen LogP contribution in [0.4, 0.5) is 21.6 Å². The van der Waals surface area contributed by atoms with E-state index in [4.69, 9.17) is 4.74 Å². The zero-order valence-electron chi connectivity index (χ0n) is 23.0.